The first-order chi connectivity index (χ1) is 13.3. The molecule has 1 aliphatic rings. The number of hydrogen-bond acceptors (Lipinski definition) is 5. The van der Waals surface area contributed by atoms with Gasteiger partial charge in [0.05, 0.1) is 13.3 Å². The highest BCUT2D eigenvalue weighted by Gasteiger charge is 2.28. The van der Waals surface area contributed by atoms with Crippen LogP contribution in [0.3, 0.4) is 0 Å². The summed E-state index contributed by atoms with van der Waals surface area (Å²) >= 11 is 0. The number of rotatable bonds is 6. The molecular weight excluding hydrogens is 350 g/mol. The molecule has 0 fully saturated rings. The predicted octanol–water partition coefficient (Wildman–Crippen LogP) is 3.05. The average molecular weight is 384 g/mol. The number of benzene rings is 1. The van der Waals surface area contributed by atoms with Gasteiger partial charge in [-0.25, -0.2) is 4.98 Å². The first-order valence-corrected chi connectivity index (χ1v) is 10.1. The van der Waals surface area contributed by atoms with E-state index in [0.717, 1.165) is 49.1 Å². The van der Waals surface area contributed by atoms with Crippen LogP contribution in [0.5, 0.6) is 0 Å². The Kier molecular flexibility index (Phi) is 6.20. The summed E-state index contributed by atoms with van der Waals surface area (Å²) < 4.78 is 1.85. The molecule has 28 heavy (non-hydrogen) atoms. The first-order valence-electron chi connectivity index (χ1n) is 10.1. The fourth-order valence-electron chi connectivity index (χ4n) is 3.98. The van der Waals surface area contributed by atoms with Crippen molar-refractivity contribution in [3.05, 3.63) is 50.9 Å². The number of aryl methyl sites for hydroxylation is 3. The second kappa shape index (κ2) is 8.45. The van der Waals surface area contributed by atoms with Crippen LogP contribution < -0.4 is 10.5 Å². The largest absolute Gasteiger partial charge is 0.309 e. The summed E-state index contributed by atoms with van der Waals surface area (Å²) in [5.74, 6) is 0.760. The Hall–Kier alpha value is -2.18. The number of hydrogen-bond donors (Lipinski definition) is 0. The molecular formula is C22H33N5O. The Labute approximate surface area is 168 Å². The van der Waals surface area contributed by atoms with Crippen molar-refractivity contribution in [3.8, 4) is 0 Å². The van der Waals surface area contributed by atoms with Crippen LogP contribution in [0.4, 0.5) is 11.6 Å². The fraction of sp³-hybridized carbons (Fsp3) is 0.545. The van der Waals surface area contributed by atoms with E-state index in [9.17, 15) is 4.79 Å². The standard InChI is InChI=1S/C22H33N5O/c1-7-19-18(4)23-22-26(20-10-9-16(2)13-17(20)3)14-25(12-8-11-24(5)6)15-27(22)21(19)28/h9-10,13H,7-8,11-12,14-15H2,1-6H3. The van der Waals surface area contributed by atoms with Gasteiger partial charge in [-0.3, -0.25) is 19.2 Å². The zero-order chi connectivity index (χ0) is 20.4. The van der Waals surface area contributed by atoms with Gasteiger partial charge in [0.1, 0.15) is 0 Å². The molecule has 3 rings (SSSR count). The monoisotopic (exact) mass is 383 g/mol. The predicted molar refractivity (Wildman–Crippen MR) is 115 cm³/mol. The highest BCUT2D eigenvalue weighted by Crippen LogP contribution is 2.30. The van der Waals surface area contributed by atoms with Gasteiger partial charge in [0.15, 0.2) is 0 Å². The smallest absolute Gasteiger partial charge is 0.259 e. The van der Waals surface area contributed by atoms with Crippen molar-refractivity contribution in [3.63, 3.8) is 0 Å². The number of anilines is 2. The summed E-state index contributed by atoms with van der Waals surface area (Å²) in [6, 6.07) is 6.46. The lowest BCUT2D eigenvalue weighted by Crippen LogP contribution is -2.48. The summed E-state index contributed by atoms with van der Waals surface area (Å²) in [5.41, 5.74) is 5.32. The van der Waals surface area contributed by atoms with Crippen LogP contribution in [0.2, 0.25) is 0 Å². The van der Waals surface area contributed by atoms with Crippen LogP contribution in [0.25, 0.3) is 0 Å². The lowest BCUT2D eigenvalue weighted by atomic mass is 10.1. The van der Waals surface area contributed by atoms with Gasteiger partial charge in [0, 0.05) is 23.5 Å². The molecule has 0 saturated carbocycles. The molecule has 2 aromatic rings. The van der Waals surface area contributed by atoms with Crippen molar-refractivity contribution < 1.29 is 0 Å². The average Bonchev–Trinajstić information content (AvgIpc) is 2.62. The zero-order valence-electron chi connectivity index (χ0n) is 18.1. The van der Waals surface area contributed by atoms with Gasteiger partial charge in [0.2, 0.25) is 5.95 Å². The molecule has 152 valence electrons. The van der Waals surface area contributed by atoms with E-state index in [1.165, 1.54) is 11.1 Å². The SMILES string of the molecule is CCc1c(C)nc2n(c1=O)CN(CCCN(C)C)CN2c1ccc(C)cc1C. The van der Waals surface area contributed by atoms with Crippen molar-refractivity contribution in [2.45, 2.75) is 47.2 Å². The van der Waals surface area contributed by atoms with E-state index in [1.807, 2.05) is 18.4 Å². The number of nitrogens with zero attached hydrogens (tertiary/aromatic N) is 5. The summed E-state index contributed by atoms with van der Waals surface area (Å²) in [7, 11) is 4.19. The minimum atomic E-state index is 0.0945. The molecule has 6 nitrogen and oxygen atoms in total. The maximum atomic E-state index is 13.2. The van der Waals surface area contributed by atoms with Crippen molar-refractivity contribution in [1.82, 2.24) is 19.4 Å². The molecule has 0 amide bonds. The van der Waals surface area contributed by atoms with Crippen molar-refractivity contribution in [1.29, 1.82) is 0 Å². The summed E-state index contributed by atoms with van der Waals surface area (Å²) in [5, 5.41) is 0. The van der Waals surface area contributed by atoms with Gasteiger partial charge >= 0.3 is 0 Å². The van der Waals surface area contributed by atoms with Gasteiger partial charge in [-0.1, -0.05) is 24.6 Å². The van der Waals surface area contributed by atoms with Crippen molar-refractivity contribution in [2.75, 3.05) is 38.8 Å². The molecule has 0 unspecified atom stereocenters. The highest BCUT2D eigenvalue weighted by molar-refractivity contribution is 5.63. The van der Waals surface area contributed by atoms with Crippen molar-refractivity contribution >= 4 is 11.6 Å². The van der Waals surface area contributed by atoms with Gasteiger partial charge in [-0.05, 0) is 65.9 Å². The summed E-state index contributed by atoms with van der Waals surface area (Å²) in [6.07, 6.45) is 1.78. The Balaban J connectivity index is 2.04. The maximum absolute atomic E-state index is 13.2. The molecule has 0 bridgehead atoms. The van der Waals surface area contributed by atoms with E-state index in [0.29, 0.717) is 13.1 Å². The Bertz CT molecular complexity index is 903. The second-order valence-electron chi connectivity index (χ2n) is 8.11. The van der Waals surface area contributed by atoms with Crippen LogP contribution in [0, 0.1) is 20.8 Å². The van der Waals surface area contributed by atoms with Crippen LogP contribution in [-0.2, 0) is 13.1 Å². The highest BCUT2D eigenvalue weighted by atomic mass is 16.1. The molecule has 0 N–H and O–H groups in total. The van der Waals surface area contributed by atoms with Gasteiger partial charge in [-0.15, -0.1) is 0 Å². The topological polar surface area (TPSA) is 44.6 Å². The van der Waals surface area contributed by atoms with Crippen LogP contribution >= 0.6 is 0 Å². The molecule has 6 heteroatoms. The second-order valence-corrected chi connectivity index (χ2v) is 8.11. The minimum Gasteiger partial charge on any atom is -0.309 e. The van der Waals surface area contributed by atoms with Crippen molar-refractivity contribution in [2.24, 2.45) is 0 Å². The molecule has 1 aliphatic heterocycles. The summed E-state index contributed by atoms with van der Waals surface area (Å²) in [6.45, 7) is 11.5. The molecule has 1 aromatic carbocycles. The zero-order valence-corrected chi connectivity index (χ0v) is 18.1. The first kappa shape index (κ1) is 20.6. The van der Waals surface area contributed by atoms with E-state index in [-0.39, 0.29) is 5.56 Å². The molecule has 1 aromatic heterocycles. The maximum Gasteiger partial charge on any atom is 0.259 e. The molecule has 0 spiro atoms. The quantitative estimate of drug-likeness (QED) is 0.767. The summed E-state index contributed by atoms with van der Waals surface area (Å²) in [4.78, 5) is 24.8. The van der Waals surface area contributed by atoms with E-state index in [1.54, 1.807) is 0 Å². The molecule has 0 atom stereocenters. The normalized spacial score (nSPS) is 14.6. The Morgan fingerprint density at radius 2 is 1.89 bits per heavy atom. The minimum absolute atomic E-state index is 0.0945. The molecule has 2 heterocycles. The molecule has 0 radical (unpaired) electrons. The number of aromatic nitrogens is 2. The van der Waals surface area contributed by atoms with Gasteiger partial charge in [-0.2, -0.15) is 0 Å². The van der Waals surface area contributed by atoms with Crippen LogP contribution in [-0.4, -0.2) is 53.2 Å². The lowest BCUT2D eigenvalue weighted by Gasteiger charge is -2.39. The Morgan fingerprint density at radius 3 is 2.54 bits per heavy atom. The van der Waals surface area contributed by atoms with E-state index in [4.69, 9.17) is 4.98 Å². The molecule has 0 aliphatic carbocycles. The van der Waals surface area contributed by atoms with Crippen LogP contribution in [0.1, 0.15) is 35.7 Å². The molecule has 0 saturated heterocycles. The van der Waals surface area contributed by atoms with E-state index >= 15 is 0 Å². The third kappa shape index (κ3) is 4.13. The lowest BCUT2D eigenvalue weighted by molar-refractivity contribution is 0.189. The fourth-order valence-corrected chi connectivity index (χ4v) is 3.98. The van der Waals surface area contributed by atoms with Gasteiger partial charge < -0.3 is 4.90 Å². The third-order valence-electron chi connectivity index (χ3n) is 5.45. The van der Waals surface area contributed by atoms with E-state index in [2.05, 4.69) is 60.8 Å². The van der Waals surface area contributed by atoms with Gasteiger partial charge in [0.25, 0.3) is 5.56 Å². The Morgan fingerprint density at radius 1 is 1.14 bits per heavy atom. The third-order valence-corrected chi connectivity index (χ3v) is 5.45. The van der Waals surface area contributed by atoms with Crippen LogP contribution in [0.15, 0.2) is 23.0 Å². The van der Waals surface area contributed by atoms with E-state index < -0.39 is 0 Å². The number of fused-ring (bicyclic) bond motifs is 1.